The van der Waals surface area contributed by atoms with Crippen LogP contribution >= 0.6 is 0 Å². The smallest absolute Gasteiger partial charge is 0.261 e. The monoisotopic (exact) mass is 448 g/mol. The van der Waals surface area contributed by atoms with Gasteiger partial charge in [-0.2, -0.15) is 0 Å². The summed E-state index contributed by atoms with van der Waals surface area (Å²) in [5.41, 5.74) is 1.45. The number of nitrogens with one attached hydrogen (secondary N) is 2. The molecule has 0 fully saturated rings. The van der Waals surface area contributed by atoms with E-state index < -0.39 is 10.0 Å². The number of Topliss-reactive ketones (excluding diaryl/α,β-unsaturated/α-hetero) is 1. The van der Waals surface area contributed by atoms with Gasteiger partial charge in [0.2, 0.25) is 0 Å². The molecular weight excluding hydrogens is 428 g/mol. The van der Waals surface area contributed by atoms with Crippen molar-refractivity contribution in [3.8, 4) is 5.82 Å². The number of aryl methyl sites for hydroxylation is 1. The summed E-state index contributed by atoms with van der Waals surface area (Å²) in [5, 5.41) is 3.19. The highest BCUT2D eigenvalue weighted by molar-refractivity contribution is 7.92. The standard InChI is InChI=1S/C22H20N6O3S/c1-15(29)17-4-3-5-20(12-17)32(30,31)27-19-8-6-18(7-9-19)26-21-13-22(25-16(2)24-21)28-11-10-23-14-28/h3-14,27H,1-2H3,(H,24,25,26). The van der Waals surface area contributed by atoms with Gasteiger partial charge in [0.25, 0.3) is 10.0 Å². The molecule has 162 valence electrons. The van der Waals surface area contributed by atoms with Gasteiger partial charge in [-0.3, -0.25) is 14.1 Å². The molecule has 0 aliphatic carbocycles. The van der Waals surface area contributed by atoms with Crippen molar-refractivity contribution in [2.75, 3.05) is 10.0 Å². The van der Waals surface area contributed by atoms with Gasteiger partial charge >= 0.3 is 0 Å². The zero-order chi connectivity index (χ0) is 22.7. The highest BCUT2D eigenvalue weighted by atomic mass is 32.2. The molecule has 0 saturated carbocycles. The molecule has 0 bridgehead atoms. The van der Waals surface area contributed by atoms with Gasteiger partial charge in [0.1, 0.15) is 23.8 Å². The van der Waals surface area contributed by atoms with E-state index in [9.17, 15) is 13.2 Å². The van der Waals surface area contributed by atoms with Crippen LogP contribution in [0.3, 0.4) is 0 Å². The summed E-state index contributed by atoms with van der Waals surface area (Å²) in [6.45, 7) is 3.19. The summed E-state index contributed by atoms with van der Waals surface area (Å²) >= 11 is 0. The number of carbonyl (C=O) groups excluding carboxylic acids is 1. The van der Waals surface area contributed by atoms with Crippen molar-refractivity contribution in [3.05, 3.63) is 84.7 Å². The molecule has 10 heteroatoms. The van der Waals surface area contributed by atoms with Crippen molar-refractivity contribution < 1.29 is 13.2 Å². The van der Waals surface area contributed by atoms with Crippen molar-refractivity contribution in [2.45, 2.75) is 18.7 Å². The number of aromatic nitrogens is 4. The Labute approximate surface area is 185 Å². The molecule has 4 rings (SSSR count). The van der Waals surface area contributed by atoms with E-state index in [1.165, 1.54) is 19.1 Å². The highest BCUT2D eigenvalue weighted by Crippen LogP contribution is 2.22. The lowest BCUT2D eigenvalue weighted by molar-refractivity contribution is 0.101. The topological polar surface area (TPSA) is 119 Å². The van der Waals surface area contributed by atoms with Gasteiger partial charge in [0.15, 0.2) is 5.78 Å². The van der Waals surface area contributed by atoms with Crippen LogP contribution in [0.5, 0.6) is 0 Å². The van der Waals surface area contributed by atoms with Crippen molar-refractivity contribution >= 4 is 33.0 Å². The van der Waals surface area contributed by atoms with E-state index in [0.717, 1.165) is 5.69 Å². The summed E-state index contributed by atoms with van der Waals surface area (Å²) in [6.07, 6.45) is 5.11. The lowest BCUT2D eigenvalue weighted by atomic mass is 10.2. The first-order valence-electron chi connectivity index (χ1n) is 9.65. The van der Waals surface area contributed by atoms with Crippen LogP contribution in [0.1, 0.15) is 23.1 Å². The van der Waals surface area contributed by atoms with Gasteiger partial charge in [-0.1, -0.05) is 12.1 Å². The van der Waals surface area contributed by atoms with E-state index in [1.807, 2.05) is 0 Å². The first kappa shape index (κ1) is 21.2. The molecule has 9 nitrogen and oxygen atoms in total. The van der Waals surface area contributed by atoms with Gasteiger partial charge in [0, 0.05) is 35.4 Å². The number of benzene rings is 2. The van der Waals surface area contributed by atoms with E-state index in [4.69, 9.17) is 0 Å². The lowest BCUT2D eigenvalue weighted by Gasteiger charge is -2.11. The van der Waals surface area contributed by atoms with Gasteiger partial charge in [-0.05, 0) is 50.2 Å². The molecule has 0 aliphatic heterocycles. The lowest BCUT2D eigenvalue weighted by Crippen LogP contribution is -2.13. The molecule has 0 saturated heterocycles. The molecule has 4 aromatic rings. The Hall–Kier alpha value is -4.05. The van der Waals surface area contributed by atoms with E-state index in [2.05, 4.69) is 25.0 Å². The first-order chi connectivity index (χ1) is 15.3. The van der Waals surface area contributed by atoms with Gasteiger partial charge in [-0.15, -0.1) is 0 Å². The highest BCUT2D eigenvalue weighted by Gasteiger charge is 2.15. The van der Waals surface area contributed by atoms with Crippen LogP contribution in [0.2, 0.25) is 0 Å². The van der Waals surface area contributed by atoms with Crippen LogP contribution < -0.4 is 10.0 Å². The predicted molar refractivity (Wildman–Crippen MR) is 121 cm³/mol. The molecule has 2 aromatic carbocycles. The number of rotatable bonds is 7. The first-order valence-corrected chi connectivity index (χ1v) is 11.1. The normalized spacial score (nSPS) is 11.2. The SMILES string of the molecule is CC(=O)c1cccc(S(=O)(=O)Nc2ccc(Nc3cc(-n4ccnc4)nc(C)n3)cc2)c1. The largest absolute Gasteiger partial charge is 0.340 e. The van der Waals surface area contributed by atoms with E-state index in [0.29, 0.717) is 28.7 Å². The molecule has 0 spiro atoms. The Morgan fingerprint density at radius 1 is 1.00 bits per heavy atom. The third kappa shape index (κ3) is 4.81. The number of hydrogen-bond acceptors (Lipinski definition) is 7. The molecular formula is C22H20N6O3S. The maximum Gasteiger partial charge on any atom is 0.261 e. The minimum Gasteiger partial charge on any atom is -0.340 e. The predicted octanol–water partition coefficient (Wildman–Crippen LogP) is 3.72. The second-order valence-corrected chi connectivity index (χ2v) is 8.70. The summed E-state index contributed by atoms with van der Waals surface area (Å²) in [4.78, 5) is 24.4. The van der Waals surface area contributed by atoms with E-state index in [1.54, 1.807) is 72.7 Å². The summed E-state index contributed by atoms with van der Waals surface area (Å²) in [5.74, 6) is 1.66. The van der Waals surface area contributed by atoms with Crippen molar-refractivity contribution in [1.82, 2.24) is 19.5 Å². The van der Waals surface area contributed by atoms with Crippen molar-refractivity contribution in [1.29, 1.82) is 0 Å². The maximum absolute atomic E-state index is 12.7. The Kier molecular flexibility index (Phi) is 5.69. The average Bonchev–Trinajstić information content (AvgIpc) is 3.30. The number of anilines is 3. The average molecular weight is 449 g/mol. The van der Waals surface area contributed by atoms with Crippen LogP contribution in [0.4, 0.5) is 17.2 Å². The minimum atomic E-state index is -3.83. The zero-order valence-corrected chi connectivity index (χ0v) is 18.2. The molecule has 0 aliphatic rings. The Bertz CT molecular complexity index is 1370. The minimum absolute atomic E-state index is 0.0240. The number of ketones is 1. The number of sulfonamides is 1. The summed E-state index contributed by atoms with van der Waals surface area (Å²) in [7, 11) is -3.83. The molecule has 0 atom stereocenters. The molecule has 2 N–H and O–H groups in total. The van der Waals surface area contributed by atoms with Gasteiger partial charge < -0.3 is 5.32 Å². The van der Waals surface area contributed by atoms with E-state index in [-0.39, 0.29) is 10.7 Å². The summed E-state index contributed by atoms with van der Waals surface area (Å²) in [6, 6.07) is 14.5. The number of nitrogens with zero attached hydrogens (tertiary/aromatic N) is 4. The van der Waals surface area contributed by atoms with Gasteiger partial charge in [0.05, 0.1) is 4.90 Å². The Balaban J connectivity index is 1.50. The second kappa shape index (κ2) is 8.60. The third-order valence-electron chi connectivity index (χ3n) is 4.55. The van der Waals surface area contributed by atoms with Crippen molar-refractivity contribution in [2.24, 2.45) is 0 Å². The molecule has 0 unspecified atom stereocenters. The van der Waals surface area contributed by atoms with Crippen LogP contribution in [-0.4, -0.2) is 33.7 Å². The molecule has 2 aromatic heterocycles. The molecule has 0 radical (unpaired) electrons. The molecule has 0 amide bonds. The van der Waals surface area contributed by atoms with Crippen LogP contribution in [-0.2, 0) is 10.0 Å². The molecule has 32 heavy (non-hydrogen) atoms. The van der Waals surface area contributed by atoms with Crippen LogP contribution in [0.25, 0.3) is 5.82 Å². The Morgan fingerprint density at radius 3 is 2.44 bits per heavy atom. The van der Waals surface area contributed by atoms with Crippen LogP contribution in [0, 0.1) is 6.92 Å². The van der Waals surface area contributed by atoms with E-state index >= 15 is 0 Å². The zero-order valence-electron chi connectivity index (χ0n) is 17.4. The fraction of sp³-hybridized carbons (Fsp3) is 0.0909. The Morgan fingerprint density at radius 2 is 1.75 bits per heavy atom. The van der Waals surface area contributed by atoms with Crippen molar-refractivity contribution in [3.63, 3.8) is 0 Å². The summed E-state index contributed by atoms with van der Waals surface area (Å²) < 4.78 is 29.7. The fourth-order valence-electron chi connectivity index (χ4n) is 3.01. The number of imidazole rings is 1. The van der Waals surface area contributed by atoms with Crippen LogP contribution in [0.15, 0.2) is 78.2 Å². The van der Waals surface area contributed by atoms with Gasteiger partial charge in [-0.25, -0.2) is 23.4 Å². The second-order valence-electron chi connectivity index (χ2n) is 7.02. The number of hydrogen-bond donors (Lipinski definition) is 2. The molecule has 2 heterocycles. The quantitative estimate of drug-likeness (QED) is 0.414. The maximum atomic E-state index is 12.7. The third-order valence-corrected chi connectivity index (χ3v) is 5.93. The fourth-order valence-corrected chi connectivity index (χ4v) is 4.11. The number of carbonyl (C=O) groups is 1.